The molecule has 0 bridgehead atoms. The normalized spacial score (nSPS) is 11.7. The fourth-order valence-corrected chi connectivity index (χ4v) is 1.08. The van der Waals surface area contributed by atoms with Gasteiger partial charge in [-0.1, -0.05) is 12.2 Å². The van der Waals surface area contributed by atoms with Crippen LogP contribution >= 0.6 is 12.2 Å². The first-order valence-corrected chi connectivity index (χ1v) is 5.13. The molecule has 0 aliphatic rings. The van der Waals surface area contributed by atoms with Crippen LogP contribution in [0, 0.1) is 11.6 Å². The lowest BCUT2D eigenvalue weighted by atomic mass is 10.3. The van der Waals surface area contributed by atoms with Crippen molar-refractivity contribution in [2.75, 3.05) is 5.32 Å². The Morgan fingerprint density at radius 3 is 2.65 bits per heavy atom. The number of carbonyl (C=O) groups excluding carboxylic acids is 1. The highest BCUT2D eigenvalue weighted by atomic mass is 32.1. The maximum Gasteiger partial charge on any atom is 0.319 e. The van der Waals surface area contributed by atoms with Crippen LogP contribution in [-0.2, 0) is 0 Å². The number of urea groups is 1. The standard InChI is InChI=1S/C10H11F2N3OS/c1-5(9(13)17)14-10(16)15-8-3-2-6(11)4-7(8)12/h2-5H,1H3,(H2,13,17)(H2,14,15,16). The Hall–Kier alpha value is -1.76. The number of thiocarbonyl (C=S) groups is 1. The largest absolute Gasteiger partial charge is 0.392 e. The van der Waals surface area contributed by atoms with Crippen LogP contribution in [0.2, 0.25) is 0 Å². The van der Waals surface area contributed by atoms with E-state index in [0.29, 0.717) is 6.07 Å². The Kier molecular flexibility index (Phi) is 4.33. The number of anilines is 1. The molecule has 7 heteroatoms. The molecule has 1 aromatic carbocycles. The number of hydrogen-bond acceptors (Lipinski definition) is 2. The zero-order valence-corrected chi connectivity index (χ0v) is 9.78. The van der Waals surface area contributed by atoms with Crippen molar-refractivity contribution in [1.82, 2.24) is 5.32 Å². The van der Waals surface area contributed by atoms with Crippen LogP contribution in [0.15, 0.2) is 18.2 Å². The van der Waals surface area contributed by atoms with Gasteiger partial charge in [0.1, 0.15) is 11.6 Å². The fraction of sp³-hybridized carbons (Fsp3) is 0.200. The van der Waals surface area contributed by atoms with Crippen LogP contribution in [0.3, 0.4) is 0 Å². The van der Waals surface area contributed by atoms with Crippen LogP contribution in [0.1, 0.15) is 6.92 Å². The lowest BCUT2D eigenvalue weighted by molar-refractivity contribution is 0.251. The minimum atomic E-state index is -0.858. The summed E-state index contributed by atoms with van der Waals surface area (Å²) in [5, 5.41) is 4.61. The fourth-order valence-electron chi connectivity index (χ4n) is 1.02. The van der Waals surface area contributed by atoms with Gasteiger partial charge in [-0.15, -0.1) is 0 Å². The molecule has 0 saturated carbocycles. The van der Waals surface area contributed by atoms with E-state index in [9.17, 15) is 13.6 Å². The van der Waals surface area contributed by atoms with E-state index >= 15 is 0 Å². The van der Waals surface area contributed by atoms with Crippen molar-refractivity contribution in [2.45, 2.75) is 13.0 Å². The van der Waals surface area contributed by atoms with Gasteiger partial charge in [0.05, 0.1) is 16.7 Å². The van der Waals surface area contributed by atoms with Gasteiger partial charge in [0.2, 0.25) is 0 Å². The highest BCUT2D eigenvalue weighted by Gasteiger charge is 2.11. The maximum atomic E-state index is 13.2. The zero-order valence-electron chi connectivity index (χ0n) is 8.96. The summed E-state index contributed by atoms with van der Waals surface area (Å²) in [6.45, 7) is 1.59. The third kappa shape index (κ3) is 3.95. The summed E-state index contributed by atoms with van der Waals surface area (Å²) in [5.74, 6) is -1.58. The van der Waals surface area contributed by atoms with Gasteiger partial charge in [0.15, 0.2) is 0 Å². The van der Waals surface area contributed by atoms with Crippen LogP contribution in [-0.4, -0.2) is 17.1 Å². The minimum Gasteiger partial charge on any atom is -0.392 e. The molecule has 0 heterocycles. The number of rotatable bonds is 3. The van der Waals surface area contributed by atoms with Crippen molar-refractivity contribution in [3.05, 3.63) is 29.8 Å². The van der Waals surface area contributed by atoms with Gasteiger partial charge >= 0.3 is 6.03 Å². The first-order valence-electron chi connectivity index (χ1n) is 4.72. The van der Waals surface area contributed by atoms with Crippen LogP contribution in [0.25, 0.3) is 0 Å². The number of amides is 2. The molecular formula is C10H11F2N3OS. The molecule has 4 N–H and O–H groups in total. The molecule has 92 valence electrons. The maximum absolute atomic E-state index is 13.2. The van der Waals surface area contributed by atoms with Gasteiger partial charge in [-0.05, 0) is 19.1 Å². The molecule has 0 aromatic heterocycles. The summed E-state index contributed by atoms with van der Waals surface area (Å²) in [6, 6.07) is 1.64. The van der Waals surface area contributed by atoms with E-state index in [1.54, 1.807) is 6.92 Å². The summed E-state index contributed by atoms with van der Waals surface area (Å²) < 4.78 is 25.8. The van der Waals surface area contributed by atoms with Crippen LogP contribution in [0.5, 0.6) is 0 Å². The first kappa shape index (κ1) is 13.3. The summed E-state index contributed by atoms with van der Waals surface area (Å²) in [7, 11) is 0. The molecule has 0 saturated heterocycles. The van der Waals surface area contributed by atoms with E-state index in [2.05, 4.69) is 22.9 Å². The highest BCUT2D eigenvalue weighted by Crippen LogP contribution is 2.14. The summed E-state index contributed by atoms with van der Waals surface area (Å²) >= 11 is 4.66. The van der Waals surface area contributed by atoms with Crippen molar-refractivity contribution in [3.63, 3.8) is 0 Å². The highest BCUT2D eigenvalue weighted by molar-refractivity contribution is 7.80. The van der Waals surface area contributed by atoms with Gasteiger partial charge < -0.3 is 16.4 Å². The quantitative estimate of drug-likeness (QED) is 0.725. The third-order valence-electron chi connectivity index (χ3n) is 1.95. The second-order valence-electron chi connectivity index (χ2n) is 3.35. The van der Waals surface area contributed by atoms with Crippen molar-refractivity contribution >= 4 is 28.9 Å². The molecule has 4 nitrogen and oxygen atoms in total. The number of nitrogens with one attached hydrogen (secondary N) is 2. The lowest BCUT2D eigenvalue weighted by Crippen LogP contribution is -2.43. The average Bonchev–Trinajstić information content (AvgIpc) is 2.22. The minimum absolute atomic E-state index is 0.111. The average molecular weight is 259 g/mol. The molecule has 17 heavy (non-hydrogen) atoms. The monoisotopic (exact) mass is 259 g/mol. The van der Waals surface area contributed by atoms with Crippen molar-refractivity contribution in [3.8, 4) is 0 Å². The van der Waals surface area contributed by atoms with Gasteiger partial charge in [0.25, 0.3) is 0 Å². The Morgan fingerprint density at radius 1 is 1.47 bits per heavy atom. The van der Waals surface area contributed by atoms with E-state index in [0.717, 1.165) is 12.1 Å². The molecule has 1 unspecified atom stereocenters. The van der Waals surface area contributed by atoms with Crippen molar-refractivity contribution in [1.29, 1.82) is 0 Å². The van der Waals surface area contributed by atoms with Gasteiger partial charge in [-0.25, -0.2) is 13.6 Å². The molecule has 0 aliphatic heterocycles. The van der Waals surface area contributed by atoms with Crippen molar-refractivity contribution in [2.24, 2.45) is 5.73 Å². The topological polar surface area (TPSA) is 67.2 Å². The Balaban J connectivity index is 2.65. The van der Waals surface area contributed by atoms with E-state index in [-0.39, 0.29) is 10.7 Å². The summed E-state index contributed by atoms with van der Waals surface area (Å²) in [6.07, 6.45) is 0. The smallest absolute Gasteiger partial charge is 0.319 e. The van der Waals surface area contributed by atoms with Gasteiger partial charge in [0, 0.05) is 6.07 Å². The number of hydrogen-bond donors (Lipinski definition) is 3. The van der Waals surface area contributed by atoms with Gasteiger partial charge in [-0.3, -0.25) is 0 Å². The van der Waals surface area contributed by atoms with E-state index in [4.69, 9.17) is 5.73 Å². The molecule has 1 atom stereocenters. The molecule has 0 spiro atoms. The molecule has 1 rings (SSSR count). The molecule has 0 radical (unpaired) electrons. The second kappa shape index (κ2) is 5.53. The third-order valence-corrected chi connectivity index (χ3v) is 2.31. The van der Waals surface area contributed by atoms with Crippen LogP contribution < -0.4 is 16.4 Å². The van der Waals surface area contributed by atoms with E-state index in [1.807, 2.05) is 0 Å². The predicted octanol–water partition coefficient (Wildman–Crippen LogP) is 1.76. The van der Waals surface area contributed by atoms with E-state index < -0.39 is 23.7 Å². The Bertz CT molecular complexity index is 453. The molecule has 0 aliphatic carbocycles. The van der Waals surface area contributed by atoms with Gasteiger partial charge in [-0.2, -0.15) is 0 Å². The Labute approximate surface area is 102 Å². The first-order chi connectivity index (χ1) is 7.90. The van der Waals surface area contributed by atoms with E-state index in [1.165, 1.54) is 0 Å². The molecular weight excluding hydrogens is 248 g/mol. The molecule has 1 aromatic rings. The predicted molar refractivity (Wildman–Crippen MR) is 64.8 cm³/mol. The lowest BCUT2D eigenvalue weighted by Gasteiger charge is -2.13. The number of carbonyl (C=O) groups is 1. The molecule has 2 amide bonds. The molecule has 0 fully saturated rings. The number of halogens is 2. The number of benzene rings is 1. The Morgan fingerprint density at radius 2 is 2.12 bits per heavy atom. The number of nitrogens with two attached hydrogens (primary N) is 1. The SMILES string of the molecule is CC(NC(=O)Nc1ccc(F)cc1F)C(N)=S. The van der Waals surface area contributed by atoms with Crippen LogP contribution in [0.4, 0.5) is 19.3 Å². The zero-order chi connectivity index (χ0) is 13.0. The summed E-state index contributed by atoms with van der Waals surface area (Å²) in [4.78, 5) is 11.5. The second-order valence-corrected chi connectivity index (χ2v) is 3.82. The summed E-state index contributed by atoms with van der Waals surface area (Å²) in [5.41, 5.74) is 5.17. The van der Waals surface area contributed by atoms with Crippen molar-refractivity contribution < 1.29 is 13.6 Å².